The van der Waals surface area contributed by atoms with Crippen molar-refractivity contribution in [3.8, 4) is 0 Å². The Bertz CT molecular complexity index is 377. The Morgan fingerprint density at radius 3 is 3.18 bits per heavy atom. The number of aryl methyl sites for hydroxylation is 1. The van der Waals surface area contributed by atoms with E-state index in [0.717, 1.165) is 25.2 Å². The van der Waals surface area contributed by atoms with Gasteiger partial charge in [0.2, 0.25) is 5.91 Å². The molecule has 7 heteroatoms. The van der Waals surface area contributed by atoms with E-state index in [1.54, 1.807) is 4.68 Å². The zero-order valence-corrected chi connectivity index (χ0v) is 9.80. The van der Waals surface area contributed by atoms with E-state index in [1.165, 1.54) is 0 Å². The predicted molar refractivity (Wildman–Crippen MR) is 62.0 cm³/mol. The maximum Gasteiger partial charge on any atom is 0.234 e. The SMILES string of the molecule is NCCCn1cc(CN2CCNC(=O)C2)nn1. The summed E-state index contributed by atoms with van der Waals surface area (Å²) in [5.74, 6) is 0.0757. The van der Waals surface area contributed by atoms with E-state index in [4.69, 9.17) is 5.73 Å². The molecule has 0 unspecified atom stereocenters. The number of nitrogens with one attached hydrogen (secondary N) is 1. The molecule has 3 N–H and O–H groups in total. The first-order valence-corrected chi connectivity index (χ1v) is 5.86. The first-order chi connectivity index (χ1) is 8.28. The van der Waals surface area contributed by atoms with Gasteiger partial charge in [0.1, 0.15) is 0 Å². The van der Waals surface area contributed by atoms with Gasteiger partial charge in [-0.05, 0) is 13.0 Å². The Kier molecular flexibility index (Phi) is 4.05. The van der Waals surface area contributed by atoms with Gasteiger partial charge in [-0.15, -0.1) is 5.10 Å². The Hall–Kier alpha value is -1.47. The van der Waals surface area contributed by atoms with E-state index in [9.17, 15) is 4.79 Å². The van der Waals surface area contributed by atoms with Crippen LogP contribution < -0.4 is 11.1 Å². The molecule has 0 atom stereocenters. The van der Waals surface area contributed by atoms with Gasteiger partial charge >= 0.3 is 0 Å². The Balaban J connectivity index is 1.85. The van der Waals surface area contributed by atoms with Crippen LogP contribution in [0.1, 0.15) is 12.1 Å². The second kappa shape index (κ2) is 5.74. The van der Waals surface area contributed by atoms with Crippen molar-refractivity contribution in [3.05, 3.63) is 11.9 Å². The molecular formula is C10H18N6O. The minimum absolute atomic E-state index is 0.0757. The minimum Gasteiger partial charge on any atom is -0.354 e. The third-order valence-corrected chi connectivity index (χ3v) is 2.68. The van der Waals surface area contributed by atoms with Gasteiger partial charge in [0.15, 0.2) is 0 Å². The number of carbonyl (C=O) groups is 1. The lowest BCUT2D eigenvalue weighted by atomic mass is 10.3. The Morgan fingerprint density at radius 2 is 2.41 bits per heavy atom. The lowest BCUT2D eigenvalue weighted by molar-refractivity contribution is -0.124. The number of piperazine rings is 1. The summed E-state index contributed by atoms with van der Waals surface area (Å²) in [7, 11) is 0. The summed E-state index contributed by atoms with van der Waals surface area (Å²) in [6.45, 7) is 4.14. The second-order valence-corrected chi connectivity index (χ2v) is 4.18. The molecule has 0 aliphatic carbocycles. The molecule has 0 aromatic carbocycles. The average Bonchev–Trinajstić information content (AvgIpc) is 2.74. The highest BCUT2D eigenvalue weighted by Gasteiger charge is 2.17. The third kappa shape index (κ3) is 3.50. The van der Waals surface area contributed by atoms with Crippen molar-refractivity contribution in [2.24, 2.45) is 5.73 Å². The molecule has 2 heterocycles. The molecule has 17 heavy (non-hydrogen) atoms. The van der Waals surface area contributed by atoms with Crippen LogP contribution in [0.5, 0.6) is 0 Å². The number of aromatic nitrogens is 3. The summed E-state index contributed by atoms with van der Waals surface area (Å²) in [6.07, 6.45) is 2.82. The summed E-state index contributed by atoms with van der Waals surface area (Å²) in [5.41, 5.74) is 6.33. The van der Waals surface area contributed by atoms with Crippen LogP contribution in [0.2, 0.25) is 0 Å². The molecule has 7 nitrogen and oxygen atoms in total. The predicted octanol–water partition coefficient (Wildman–Crippen LogP) is -1.44. The van der Waals surface area contributed by atoms with E-state index in [-0.39, 0.29) is 5.91 Å². The number of nitrogens with two attached hydrogens (primary N) is 1. The van der Waals surface area contributed by atoms with E-state index < -0.39 is 0 Å². The molecule has 0 saturated carbocycles. The van der Waals surface area contributed by atoms with Crippen LogP contribution in [-0.4, -0.2) is 52.0 Å². The molecule has 1 aromatic rings. The molecular weight excluding hydrogens is 220 g/mol. The molecule has 1 saturated heterocycles. The van der Waals surface area contributed by atoms with E-state index in [2.05, 4.69) is 20.5 Å². The standard InChI is InChI=1S/C10H18N6O/c11-2-1-4-16-7-9(13-14-16)6-15-5-3-12-10(17)8-15/h7H,1-6,8,11H2,(H,12,17). The van der Waals surface area contributed by atoms with Gasteiger partial charge in [-0.1, -0.05) is 5.21 Å². The zero-order chi connectivity index (χ0) is 12.1. The highest BCUT2D eigenvalue weighted by atomic mass is 16.2. The highest BCUT2D eigenvalue weighted by molar-refractivity contribution is 5.78. The number of hydrogen-bond donors (Lipinski definition) is 2. The van der Waals surface area contributed by atoms with E-state index >= 15 is 0 Å². The molecule has 1 amide bonds. The Morgan fingerprint density at radius 1 is 1.53 bits per heavy atom. The quantitative estimate of drug-likeness (QED) is 0.655. The van der Waals surface area contributed by atoms with Crippen LogP contribution in [-0.2, 0) is 17.9 Å². The molecule has 2 rings (SSSR count). The lowest BCUT2D eigenvalue weighted by Crippen LogP contribution is -2.47. The summed E-state index contributed by atoms with van der Waals surface area (Å²) in [6, 6.07) is 0. The normalized spacial score (nSPS) is 17.1. The number of carbonyl (C=O) groups excluding carboxylic acids is 1. The van der Waals surface area contributed by atoms with Crippen molar-refractivity contribution < 1.29 is 4.79 Å². The number of rotatable bonds is 5. The average molecular weight is 238 g/mol. The van der Waals surface area contributed by atoms with Crippen molar-refractivity contribution >= 4 is 5.91 Å². The van der Waals surface area contributed by atoms with Crippen LogP contribution in [0.25, 0.3) is 0 Å². The van der Waals surface area contributed by atoms with Crippen molar-refractivity contribution in [3.63, 3.8) is 0 Å². The van der Waals surface area contributed by atoms with Gasteiger partial charge in [0, 0.05) is 32.4 Å². The van der Waals surface area contributed by atoms with Crippen molar-refractivity contribution in [1.82, 2.24) is 25.2 Å². The van der Waals surface area contributed by atoms with E-state index in [0.29, 0.717) is 26.2 Å². The van der Waals surface area contributed by atoms with Crippen LogP contribution in [0.15, 0.2) is 6.20 Å². The Labute approximate surface area is 100.0 Å². The molecule has 1 aliphatic heterocycles. The highest BCUT2D eigenvalue weighted by Crippen LogP contribution is 2.02. The van der Waals surface area contributed by atoms with Crippen molar-refractivity contribution in [2.75, 3.05) is 26.2 Å². The number of hydrogen-bond acceptors (Lipinski definition) is 5. The molecule has 1 aromatic heterocycles. The molecule has 0 bridgehead atoms. The van der Waals surface area contributed by atoms with Gasteiger partial charge in [-0.3, -0.25) is 14.4 Å². The summed E-state index contributed by atoms with van der Waals surface area (Å²) in [4.78, 5) is 13.3. The fourth-order valence-electron chi connectivity index (χ4n) is 1.83. The number of amides is 1. The van der Waals surface area contributed by atoms with Gasteiger partial charge in [0.05, 0.1) is 12.2 Å². The minimum atomic E-state index is 0.0757. The maximum atomic E-state index is 11.2. The van der Waals surface area contributed by atoms with Gasteiger partial charge in [0.25, 0.3) is 0 Å². The zero-order valence-electron chi connectivity index (χ0n) is 9.80. The van der Waals surface area contributed by atoms with Crippen LogP contribution in [0.3, 0.4) is 0 Å². The van der Waals surface area contributed by atoms with Crippen LogP contribution >= 0.6 is 0 Å². The summed E-state index contributed by atoms with van der Waals surface area (Å²) in [5, 5.41) is 10.9. The number of nitrogens with zero attached hydrogens (tertiary/aromatic N) is 4. The molecule has 0 radical (unpaired) electrons. The van der Waals surface area contributed by atoms with Crippen LogP contribution in [0, 0.1) is 0 Å². The second-order valence-electron chi connectivity index (χ2n) is 4.18. The molecule has 1 fully saturated rings. The topological polar surface area (TPSA) is 89.1 Å². The fourth-order valence-corrected chi connectivity index (χ4v) is 1.83. The van der Waals surface area contributed by atoms with Crippen LogP contribution in [0.4, 0.5) is 0 Å². The monoisotopic (exact) mass is 238 g/mol. The van der Waals surface area contributed by atoms with Gasteiger partial charge in [-0.25, -0.2) is 0 Å². The molecule has 94 valence electrons. The fraction of sp³-hybridized carbons (Fsp3) is 0.700. The summed E-state index contributed by atoms with van der Waals surface area (Å²) >= 11 is 0. The van der Waals surface area contributed by atoms with Crippen molar-refractivity contribution in [2.45, 2.75) is 19.5 Å². The first kappa shape index (κ1) is 12.0. The van der Waals surface area contributed by atoms with E-state index in [1.807, 2.05) is 6.20 Å². The van der Waals surface area contributed by atoms with Gasteiger partial charge in [-0.2, -0.15) is 0 Å². The largest absolute Gasteiger partial charge is 0.354 e. The maximum absolute atomic E-state index is 11.2. The third-order valence-electron chi connectivity index (χ3n) is 2.68. The molecule has 0 spiro atoms. The lowest BCUT2D eigenvalue weighted by Gasteiger charge is -2.25. The van der Waals surface area contributed by atoms with Crippen molar-refractivity contribution in [1.29, 1.82) is 0 Å². The van der Waals surface area contributed by atoms with Gasteiger partial charge < -0.3 is 11.1 Å². The first-order valence-electron chi connectivity index (χ1n) is 5.86. The summed E-state index contributed by atoms with van der Waals surface area (Å²) < 4.78 is 1.80. The molecule has 1 aliphatic rings. The smallest absolute Gasteiger partial charge is 0.234 e.